The van der Waals surface area contributed by atoms with Gasteiger partial charge in [-0.3, -0.25) is 4.99 Å². The van der Waals surface area contributed by atoms with Crippen LogP contribution in [0.1, 0.15) is 20.3 Å². The van der Waals surface area contributed by atoms with Gasteiger partial charge in [-0.15, -0.1) is 24.0 Å². The lowest BCUT2D eigenvalue weighted by Gasteiger charge is -2.21. The van der Waals surface area contributed by atoms with Crippen LogP contribution in [0.15, 0.2) is 29.3 Å². The summed E-state index contributed by atoms with van der Waals surface area (Å²) in [5.74, 6) is 2.20. The molecule has 0 spiro atoms. The fourth-order valence-corrected chi connectivity index (χ4v) is 3.61. The number of rotatable bonds is 7. The number of hydrogen-bond acceptors (Lipinski definition) is 4. The van der Waals surface area contributed by atoms with Gasteiger partial charge in [0.1, 0.15) is 6.10 Å². The molecule has 1 aliphatic heterocycles. The van der Waals surface area contributed by atoms with E-state index in [1.165, 1.54) is 6.07 Å². The molecule has 2 atom stereocenters. The lowest BCUT2D eigenvalue weighted by atomic mass is 10.1. The summed E-state index contributed by atoms with van der Waals surface area (Å²) in [4.78, 5) is 4.47. The Morgan fingerprint density at radius 2 is 2.20 bits per heavy atom. The normalized spacial score (nSPS) is 21.4. The van der Waals surface area contributed by atoms with Crippen molar-refractivity contribution >= 4 is 41.7 Å². The van der Waals surface area contributed by atoms with E-state index in [2.05, 4.69) is 15.6 Å². The van der Waals surface area contributed by atoms with Gasteiger partial charge >= 0.3 is 0 Å². The minimum atomic E-state index is -0.706. The summed E-state index contributed by atoms with van der Waals surface area (Å²) in [5.41, 5.74) is -0.706. The van der Waals surface area contributed by atoms with Gasteiger partial charge in [0.15, 0.2) is 17.5 Å². The molecule has 3 N–H and O–H groups in total. The number of benzene rings is 1. The maximum absolute atomic E-state index is 13.6. The van der Waals surface area contributed by atoms with Crippen molar-refractivity contribution in [2.24, 2.45) is 4.99 Å². The SMILES string of the molecule is CCNC(=NCC1(O)CCSC1)NCC(C)Oc1ccccc1F.I. The lowest BCUT2D eigenvalue weighted by molar-refractivity contribution is 0.0778. The molecule has 0 aromatic heterocycles. The molecule has 2 rings (SSSR count). The first-order valence-electron chi connectivity index (χ1n) is 8.26. The van der Waals surface area contributed by atoms with E-state index in [4.69, 9.17) is 4.74 Å². The molecular formula is C17H27FIN3O2S. The second-order valence-electron chi connectivity index (χ2n) is 5.96. The topological polar surface area (TPSA) is 65.9 Å². The maximum atomic E-state index is 13.6. The van der Waals surface area contributed by atoms with Crippen molar-refractivity contribution in [2.45, 2.75) is 32.0 Å². The van der Waals surface area contributed by atoms with Crippen LogP contribution in [0.3, 0.4) is 0 Å². The Morgan fingerprint density at radius 3 is 2.84 bits per heavy atom. The minimum absolute atomic E-state index is 0. The van der Waals surface area contributed by atoms with Gasteiger partial charge in [-0.25, -0.2) is 4.39 Å². The minimum Gasteiger partial charge on any atom is -0.486 e. The van der Waals surface area contributed by atoms with Crippen molar-refractivity contribution in [3.05, 3.63) is 30.1 Å². The number of aliphatic hydroxyl groups is 1. The van der Waals surface area contributed by atoms with Crippen LogP contribution >= 0.6 is 35.7 Å². The van der Waals surface area contributed by atoms with Crippen LogP contribution in [0.25, 0.3) is 0 Å². The molecule has 1 aromatic carbocycles. The third kappa shape index (κ3) is 7.57. The fourth-order valence-electron chi connectivity index (χ4n) is 2.33. The van der Waals surface area contributed by atoms with Gasteiger partial charge in [-0.05, 0) is 38.2 Å². The number of nitrogens with zero attached hydrogens (tertiary/aromatic N) is 1. The standard InChI is InChI=1S/C17H26FN3O2S.HI/c1-3-19-16(21-11-17(22)8-9-24-12-17)20-10-13(2)23-15-7-5-4-6-14(15)18;/h4-7,13,22H,3,8-12H2,1-2H3,(H2,19,20,21);1H. The van der Waals surface area contributed by atoms with Crippen molar-refractivity contribution < 1.29 is 14.2 Å². The van der Waals surface area contributed by atoms with Crippen LogP contribution in [0.4, 0.5) is 4.39 Å². The van der Waals surface area contributed by atoms with Crippen LogP contribution in [0.2, 0.25) is 0 Å². The Balaban J connectivity index is 0.00000312. The Morgan fingerprint density at radius 1 is 1.44 bits per heavy atom. The number of para-hydroxylation sites is 1. The summed E-state index contributed by atoms with van der Waals surface area (Å²) in [6.45, 7) is 5.42. The molecule has 142 valence electrons. The molecule has 5 nitrogen and oxygen atoms in total. The second kappa shape index (κ2) is 11.1. The van der Waals surface area contributed by atoms with Gasteiger partial charge in [-0.1, -0.05) is 12.1 Å². The van der Waals surface area contributed by atoms with Crippen LogP contribution in [0, 0.1) is 5.82 Å². The molecule has 1 aromatic rings. The van der Waals surface area contributed by atoms with Crippen LogP contribution in [-0.4, -0.2) is 53.9 Å². The molecule has 0 bridgehead atoms. The Labute approximate surface area is 170 Å². The number of nitrogens with one attached hydrogen (secondary N) is 2. The average molecular weight is 483 g/mol. The highest BCUT2D eigenvalue weighted by Crippen LogP contribution is 2.27. The summed E-state index contributed by atoms with van der Waals surface area (Å²) in [6, 6.07) is 6.36. The van der Waals surface area contributed by atoms with Crippen molar-refractivity contribution in [1.82, 2.24) is 10.6 Å². The molecule has 0 aliphatic carbocycles. The summed E-state index contributed by atoms with van der Waals surface area (Å²) in [5, 5.41) is 16.7. The molecule has 8 heteroatoms. The smallest absolute Gasteiger partial charge is 0.191 e. The van der Waals surface area contributed by atoms with Crippen molar-refractivity contribution in [1.29, 1.82) is 0 Å². The molecule has 1 aliphatic rings. The highest BCUT2D eigenvalue weighted by Gasteiger charge is 2.31. The quantitative estimate of drug-likeness (QED) is 0.316. The van der Waals surface area contributed by atoms with Gasteiger partial charge in [0.25, 0.3) is 0 Å². The van der Waals surface area contributed by atoms with E-state index in [0.717, 1.165) is 24.5 Å². The zero-order chi connectivity index (χ0) is 17.4. The predicted molar refractivity (Wildman–Crippen MR) is 113 cm³/mol. The number of aliphatic imine (C=N–C) groups is 1. The molecule has 0 radical (unpaired) electrons. The van der Waals surface area contributed by atoms with Gasteiger partial charge in [-0.2, -0.15) is 11.8 Å². The number of halogens is 2. The van der Waals surface area contributed by atoms with Crippen molar-refractivity contribution in [3.63, 3.8) is 0 Å². The molecule has 2 unspecified atom stereocenters. The van der Waals surface area contributed by atoms with Crippen molar-refractivity contribution in [3.8, 4) is 5.75 Å². The molecule has 0 saturated carbocycles. The van der Waals surface area contributed by atoms with E-state index in [9.17, 15) is 9.50 Å². The zero-order valence-electron chi connectivity index (χ0n) is 14.6. The molecule has 0 amide bonds. The molecule has 1 heterocycles. The maximum Gasteiger partial charge on any atom is 0.191 e. The second-order valence-corrected chi connectivity index (χ2v) is 7.07. The summed E-state index contributed by atoms with van der Waals surface area (Å²) < 4.78 is 19.2. The highest BCUT2D eigenvalue weighted by atomic mass is 127. The van der Waals surface area contributed by atoms with Crippen LogP contribution < -0.4 is 15.4 Å². The third-order valence-electron chi connectivity index (χ3n) is 3.68. The number of hydrogen-bond donors (Lipinski definition) is 3. The monoisotopic (exact) mass is 483 g/mol. The first-order valence-corrected chi connectivity index (χ1v) is 9.41. The van der Waals surface area contributed by atoms with E-state index in [-0.39, 0.29) is 41.6 Å². The predicted octanol–water partition coefficient (Wildman–Crippen LogP) is 2.63. The average Bonchev–Trinajstić information content (AvgIpc) is 2.99. The number of thioether (sulfide) groups is 1. The van der Waals surface area contributed by atoms with E-state index < -0.39 is 5.60 Å². The van der Waals surface area contributed by atoms with E-state index >= 15 is 0 Å². The number of guanidine groups is 1. The Bertz CT molecular complexity index is 556. The van der Waals surface area contributed by atoms with Crippen molar-refractivity contribution in [2.75, 3.05) is 31.1 Å². The summed E-state index contributed by atoms with van der Waals surface area (Å²) in [6.07, 6.45) is 0.545. The Hall–Kier alpha value is -0.740. The molecule has 25 heavy (non-hydrogen) atoms. The largest absolute Gasteiger partial charge is 0.486 e. The van der Waals surface area contributed by atoms with Gasteiger partial charge in [0, 0.05) is 12.3 Å². The molecular weight excluding hydrogens is 456 g/mol. The third-order valence-corrected chi connectivity index (χ3v) is 4.91. The van der Waals surface area contributed by atoms with Crippen LogP contribution in [0.5, 0.6) is 5.75 Å². The van der Waals surface area contributed by atoms with E-state index in [0.29, 0.717) is 19.0 Å². The van der Waals surface area contributed by atoms with Crippen LogP contribution in [-0.2, 0) is 0 Å². The zero-order valence-corrected chi connectivity index (χ0v) is 17.8. The van der Waals surface area contributed by atoms with E-state index in [1.54, 1.807) is 30.0 Å². The molecule has 1 saturated heterocycles. The highest BCUT2D eigenvalue weighted by molar-refractivity contribution is 14.0. The fraction of sp³-hybridized carbons (Fsp3) is 0.588. The van der Waals surface area contributed by atoms with Gasteiger partial charge in [0.05, 0.1) is 18.7 Å². The lowest BCUT2D eigenvalue weighted by Crippen LogP contribution is -2.43. The van der Waals surface area contributed by atoms with Gasteiger partial charge in [0.2, 0.25) is 0 Å². The number of ether oxygens (including phenoxy) is 1. The summed E-state index contributed by atoms with van der Waals surface area (Å²) >= 11 is 1.75. The van der Waals surface area contributed by atoms with E-state index in [1.807, 2.05) is 13.8 Å². The molecule has 1 fully saturated rings. The Kier molecular flexibility index (Phi) is 9.88. The summed E-state index contributed by atoms with van der Waals surface area (Å²) in [7, 11) is 0. The van der Waals surface area contributed by atoms with Gasteiger partial charge < -0.3 is 20.5 Å². The first kappa shape index (κ1) is 22.3. The first-order chi connectivity index (χ1) is 11.5.